The van der Waals surface area contributed by atoms with Gasteiger partial charge in [0.25, 0.3) is 0 Å². The van der Waals surface area contributed by atoms with E-state index in [4.69, 9.17) is 9.84 Å². The third-order valence-electron chi connectivity index (χ3n) is 2.46. The van der Waals surface area contributed by atoms with Gasteiger partial charge in [0.2, 0.25) is 0 Å². The second-order valence-corrected chi connectivity index (χ2v) is 4.88. The molecule has 0 bridgehead atoms. The van der Waals surface area contributed by atoms with E-state index in [2.05, 4.69) is 6.07 Å². The van der Waals surface area contributed by atoms with Gasteiger partial charge < -0.3 is 9.84 Å². The number of aliphatic carboxylic acids is 1. The average molecular weight is 238 g/mol. The van der Waals surface area contributed by atoms with Crippen LogP contribution in [0.5, 0.6) is 5.75 Å². The number of thioether (sulfide) groups is 1. The Hall–Kier alpha value is -1.16. The lowest BCUT2D eigenvalue weighted by Gasteiger charge is -2.17. The second kappa shape index (κ2) is 5.25. The maximum Gasteiger partial charge on any atom is 0.304 e. The SMILES string of the molecule is O=C(O)CCSc1ccc2c(c1)CCCO2. The molecule has 1 aromatic carbocycles. The molecule has 1 aliphatic heterocycles. The molecule has 3 nitrogen and oxygen atoms in total. The highest BCUT2D eigenvalue weighted by molar-refractivity contribution is 7.99. The molecule has 0 radical (unpaired) electrons. The fourth-order valence-electron chi connectivity index (χ4n) is 1.68. The number of fused-ring (bicyclic) bond motifs is 1. The zero-order valence-electron chi connectivity index (χ0n) is 8.94. The first kappa shape index (κ1) is 11.3. The van der Waals surface area contributed by atoms with Crippen molar-refractivity contribution >= 4 is 17.7 Å². The molecule has 1 heterocycles. The normalized spacial score (nSPS) is 14.0. The van der Waals surface area contributed by atoms with E-state index in [1.807, 2.05) is 12.1 Å². The van der Waals surface area contributed by atoms with E-state index in [0.29, 0.717) is 5.75 Å². The second-order valence-electron chi connectivity index (χ2n) is 3.71. The maximum absolute atomic E-state index is 10.4. The molecule has 1 N–H and O–H groups in total. The van der Waals surface area contributed by atoms with Crippen molar-refractivity contribution in [3.8, 4) is 5.75 Å². The zero-order valence-corrected chi connectivity index (χ0v) is 9.76. The molecule has 0 unspecified atom stereocenters. The van der Waals surface area contributed by atoms with Gasteiger partial charge in [-0.3, -0.25) is 4.79 Å². The van der Waals surface area contributed by atoms with Crippen molar-refractivity contribution < 1.29 is 14.6 Å². The predicted molar refractivity (Wildman–Crippen MR) is 63.2 cm³/mol. The molecule has 1 aliphatic rings. The van der Waals surface area contributed by atoms with E-state index >= 15 is 0 Å². The molecule has 86 valence electrons. The highest BCUT2D eigenvalue weighted by Crippen LogP contribution is 2.29. The minimum absolute atomic E-state index is 0.207. The quantitative estimate of drug-likeness (QED) is 0.819. The average Bonchev–Trinajstić information content (AvgIpc) is 2.28. The van der Waals surface area contributed by atoms with E-state index in [1.54, 1.807) is 11.8 Å². The number of rotatable bonds is 4. The number of carbonyl (C=O) groups is 1. The Morgan fingerprint density at radius 3 is 3.19 bits per heavy atom. The van der Waals surface area contributed by atoms with Crippen molar-refractivity contribution in [2.75, 3.05) is 12.4 Å². The Labute approximate surface area is 98.8 Å². The van der Waals surface area contributed by atoms with Gasteiger partial charge in [0.1, 0.15) is 5.75 Å². The Balaban J connectivity index is 1.97. The first-order valence-electron chi connectivity index (χ1n) is 5.36. The molecule has 0 saturated heterocycles. The molecule has 0 amide bonds. The van der Waals surface area contributed by atoms with Crippen LogP contribution in [-0.4, -0.2) is 23.4 Å². The zero-order chi connectivity index (χ0) is 11.4. The van der Waals surface area contributed by atoms with Gasteiger partial charge >= 0.3 is 5.97 Å². The molecule has 0 atom stereocenters. The van der Waals surface area contributed by atoms with Crippen LogP contribution in [0, 0.1) is 0 Å². The highest BCUT2D eigenvalue weighted by Gasteiger charge is 2.10. The van der Waals surface area contributed by atoms with Crippen LogP contribution in [-0.2, 0) is 11.2 Å². The topological polar surface area (TPSA) is 46.5 Å². The number of ether oxygens (including phenoxy) is 1. The van der Waals surface area contributed by atoms with E-state index in [0.717, 1.165) is 30.1 Å². The van der Waals surface area contributed by atoms with Crippen LogP contribution in [0.25, 0.3) is 0 Å². The van der Waals surface area contributed by atoms with Crippen LogP contribution in [0.1, 0.15) is 18.4 Å². The summed E-state index contributed by atoms with van der Waals surface area (Å²) >= 11 is 1.59. The summed E-state index contributed by atoms with van der Waals surface area (Å²) in [5.74, 6) is 0.859. The Bertz CT molecular complexity index is 390. The standard InChI is InChI=1S/C12H14O3S/c13-12(14)5-7-16-10-3-4-11-9(8-10)2-1-6-15-11/h3-4,8H,1-2,5-7H2,(H,13,14). The van der Waals surface area contributed by atoms with Crippen molar-refractivity contribution in [2.45, 2.75) is 24.2 Å². The van der Waals surface area contributed by atoms with Gasteiger partial charge in [-0.15, -0.1) is 11.8 Å². The molecule has 0 aliphatic carbocycles. The predicted octanol–water partition coefficient (Wildman–Crippen LogP) is 2.58. The van der Waals surface area contributed by atoms with Gasteiger partial charge in [-0.1, -0.05) is 0 Å². The van der Waals surface area contributed by atoms with Gasteiger partial charge in [0, 0.05) is 10.6 Å². The Morgan fingerprint density at radius 2 is 2.38 bits per heavy atom. The summed E-state index contributed by atoms with van der Waals surface area (Å²) in [4.78, 5) is 11.5. The lowest BCUT2D eigenvalue weighted by Crippen LogP contribution is -2.08. The van der Waals surface area contributed by atoms with Crippen LogP contribution in [0.3, 0.4) is 0 Å². The summed E-state index contributed by atoms with van der Waals surface area (Å²) in [6, 6.07) is 6.09. The fourth-order valence-corrected chi connectivity index (χ4v) is 2.58. The minimum atomic E-state index is -0.742. The Morgan fingerprint density at radius 1 is 1.50 bits per heavy atom. The fraction of sp³-hybridized carbons (Fsp3) is 0.417. The largest absolute Gasteiger partial charge is 0.493 e. The molecule has 1 aromatic rings. The minimum Gasteiger partial charge on any atom is -0.493 e. The highest BCUT2D eigenvalue weighted by atomic mass is 32.2. The molecule has 0 aromatic heterocycles. The summed E-state index contributed by atoms with van der Waals surface area (Å²) < 4.78 is 5.52. The lowest BCUT2D eigenvalue weighted by atomic mass is 10.1. The van der Waals surface area contributed by atoms with Crippen LogP contribution in [0.2, 0.25) is 0 Å². The first-order chi connectivity index (χ1) is 7.75. The van der Waals surface area contributed by atoms with E-state index in [9.17, 15) is 4.79 Å². The number of hydrogen-bond acceptors (Lipinski definition) is 3. The third kappa shape index (κ3) is 2.92. The third-order valence-corrected chi connectivity index (χ3v) is 3.46. The molecule has 2 rings (SSSR count). The monoisotopic (exact) mass is 238 g/mol. The van der Waals surface area contributed by atoms with Crippen molar-refractivity contribution in [1.82, 2.24) is 0 Å². The van der Waals surface area contributed by atoms with Crippen LogP contribution < -0.4 is 4.74 Å². The van der Waals surface area contributed by atoms with Crippen LogP contribution in [0.15, 0.2) is 23.1 Å². The van der Waals surface area contributed by atoms with E-state index in [1.165, 1.54) is 5.56 Å². The molecule has 0 fully saturated rings. The lowest BCUT2D eigenvalue weighted by molar-refractivity contribution is -0.136. The van der Waals surface area contributed by atoms with Crippen LogP contribution in [0.4, 0.5) is 0 Å². The van der Waals surface area contributed by atoms with Gasteiger partial charge in [-0.25, -0.2) is 0 Å². The summed E-state index contributed by atoms with van der Waals surface area (Å²) in [6.45, 7) is 0.804. The van der Waals surface area contributed by atoms with Crippen molar-refractivity contribution in [3.63, 3.8) is 0 Å². The van der Waals surface area contributed by atoms with Crippen molar-refractivity contribution in [2.24, 2.45) is 0 Å². The first-order valence-corrected chi connectivity index (χ1v) is 6.34. The van der Waals surface area contributed by atoms with Gasteiger partial charge in [0.15, 0.2) is 0 Å². The van der Waals surface area contributed by atoms with Crippen molar-refractivity contribution in [3.05, 3.63) is 23.8 Å². The summed E-state index contributed by atoms with van der Waals surface area (Å²) in [7, 11) is 0. The number of hydrogen-bond donors (Lipinski definition) is 1. The number of aryl methyl sites for hydroxylation is 1. The maximum atomic E-state index is 10.4. The van der Waals surface area contributed by atoms with Gasteiger partial charge in [0.05, 0.1) is 13.0 Å². The van der Waals surface area contributed by atoms with Gasteiger partial charge in [-0.2, -0.15) is 0 Å². The van der Waals surface area contributed by atoms with E-state index in [-0.39, 0.29) is 6.42 Å². The molecule has 16 heavy (non-hydrogen) atoms. The molecule has 0 saturated carbocycles. The number of carboxylic acids is 1. The van der Waals surface area contributed by atoms with Gasteiger partial charge in [-0.05, 0) is 36.6 Å². The summed E-state index contributed by atoms with van der Waals surface area (Å²) in [5, 5.41) is 8.55. The summed E-state index contributed by atoms with van der Waals surface area (Å²) in [5.41, 5.74) is 1.24. The van der Waals surface area contributed by atoms with Crippen molar-refractivity contribution in [1.29, 1.82) is 0 Å². The summed E-state index contributed by atoms with van der Waals surface area (Å²) in [6.07, 6.45) is 2.33. The molecule has 0 spiro atoms. The Kier molecular flexibility index (Phi) is 3.72. The number of benzene rings is 1. The van der Waals surface area contributed by atoms with E-state index < -0.39 is 5.97 Å². The smallest absolute Gasteiger partial charge is 0.304 e. The molecular formula is C12H14O3S. The molecular weight excluding hydrogens is 224 g/mol. The van der Waals surface area contributed by atoms with Crippen LogP contribution >= 0.6 is 11.8 Å². The molecule has 4 heteroatoms. The number of carboxylic acid groups (broad SMARTS) is 1.